The summed E-state index contributed by atoms with van der Waals surface area (Å²) in [5, 5.41) is 12.7. The van der Waals surface area contributed by atoms with Crippen molar-refractivity contribution in [2.24, 2.45) is 0 Å². The van der Waals surface area contributed by atoms with Crippen LogP contribution < -0.4 is 10.2 Å². The second kappa shape index (κ2) is 10.7. The average Bonchev–Trinajstić information content (AvgIpc) is 3.15. The van der Waals surface area contributed by atoms with Gasteiger partial charge in [0.1, 0.15) is 11.3 Å². The molecule has 0 unspecified atom stereocenters. The molecule has 200 valence electrons. The summed E-state index contributed by atoms with van der Waals surface area (Å²) in [4.78, 5) is 49.1. The number of likely N-dealkylation sites (N-methyl/N-ethyl adjacent to an activating group) is 1. The van der Waals surface area contributed by atoms with E-state index in [1.165, 1.54) is 6.07 Å². The molecule has 2 rings (SSSR count). The summed E-state index contributed by atoms with van der Waals surface area (Å²) in [5.41, 5.74) is 0.975. The van der Waals surface area contributed by atoms with Crippen molar-refractivity contribution in [1.29, 1.82) is 0 Å². The third kappa shape index (κ3) is 7.09. The number of benzene rings is 1. The number of hydrogen-bond donors (Lipinski definition) is 3. The number of halogens is 6. The van der Waals surface area contributed by atoms with E-state index in [4.69, 9.17) is 0 Å². The fraction of sp³-hybridized carbons (Fsp3) is 0.474. The lowest BCUT2D eigenvalue weighted by atomic mass is 10.1. The highest BCUT2D eigenvalue weighted by Crippen LogP contribution is 2.29. The van der Waals surface area contributed by atoms with E-state index in [-0.39, 0.29) is 42.7 Å². The van der Waals surface area contributed by atoms with Crippen LogP contribution in [0.4, 0.5) is 26.3 Å². The summed E-state index contributed by atoms with van der Waals surface area (Å²) in [6.07, 6.45) is -11.0. The number of nitrogens with zero attached hydrogens (tertiary/aromatic N) is 1. The van der Waals surface area contributed by atoms with E-state index in [1.807, 2.05) is 0 Å². The van der Waals surface area contributed by atoms with Gasteiger partial charge in [0, 0.05) is 27.1 Å². The molecule has 1 aromatic carbocycles. The van der Waals surface area contributed by atoms with Crippen LogP contribution in [-0.2, 0) is 30.3 Å². The lowest BCUT2D eigenvalue weighted by Crippen LogP contribution is -2.55. The van der Waals surface area contributed by atoms with Crippen molar-refractivity contribution in [3.8, 4) is 5.75 Å². The highest BCUT2D eigenvalue weighted by atomic mass is 32.1. The van der Waals surface area contributed by atoms with Gasteiger partial charge in [-0.3, -0.25) is 9.59 Å². The number of carbonyl (C=O) groups excluding carboxylic acids is 3. The van der Waals surface area contributed by atoms with E-state index in [0.717, 1.165) is 18.4 Å². The highest BCUT2D eigenvalue weighted by Gasteiger charge is 2.54. The molecule has 0 aliphatic carbocycles. The van der Waals surface area contributed by atoms with Gasteiger partial charge in [-0.15, -0.1) is 0 Å². The minimum absolute atomic E-state index is 0.0245. The van der Waals surface area contributed by atoms with Crippen molar-refractivity contribution < 1.29 is 55.3 Å². The van der Waals surface area contributed by atoms with Crippen molar-refractivity contribution in [2.75, 3.05) is 26.7 Å². The number of fused-ring (bicyclic) bond motifs is 1. The number of carbonyl (C=O) groups is 3. The molecule has 1 amide bonds. The summed E-state index contributed by atoms with van der Waals surface area (Å²) in [7, 11) is 0.978. The number of hydrogen-bond acceptors (Lipinski definition) is 9. The number of aromatic hydroxyl groups is 1. The zero-order valence-corrected chi connectivity index (χ0v) is 19.3. The van der Waals surface area contributed by atoms with Crippen LogP contribution in [0, 0.1) is 0 Å². The third-order valence-electron chi connectivity index (χ3n) is 4.61. The Hall–Kier alpha value is -3.34. The standard InChI is InChI=1S/C19H19F6N3O7S/c1-17(34-14(31)18(20,21)22,35-15(32)19(23,24)25)13(30)28(2)8-7-26-6-5-9-3-4-10(29)11-12(9)36-16(33)27-11/h3-4,26,29H,5-8H2,1-2H3,(H,27,33). The van der Waals surface area contributed by atoms with Gasteiger partial charge in [0.2, 0.25) is 0 Å². The predicted molar refractivity (Wildman–Crippen MR) is 111 cm³/mol. The van der Waals surface area contributed by atoms with Crippen LogP contribution in [0.2, 0.25) is 0 Å². The highest BCUT2D eigenvalue weighted by molar-refractivity contribution is 7.16. The molecule has 3 N–H and O–H groups in total. The summed E-state index contributed by atoms with van der Waals surface area (Å²) in [5.74, 6) is -11.4. The molecule has 10 nitrogen and oxygen atoms in total. The Morgan fingerprint density at radius 2 is 1.61 bits per heavy atom. The second-order valence-corrected chi connectivity index (χ2v) is 8.39. The van der Waals surface area contributed by atoms with Gasteiger partial charge in [-0.05, 0) is 24.6 Å². The Morgan fingerprint density at radius 1 is 1.06 bits per heavy atom. The van der Waals surface area contributed by atoms with Gasteiger partial charge >= 0.3 is 40.9 Å². The maximum atomic E-state index is 12.6. The molecule has 0 aliphatic heterocycles. The fourth-order valence-electron chi connectivity index (χ4n) is 2.89. The van der Waals surface area contributed by atoms with E-state index in [0.29, 0.717) is 21.6 Å². The first-order chi connectivity index (χ1) is 16.5. The van der Waals surface area contributed by atoms with Crippen molar-refractivity contribution >= 4 is 39.4 Å². The molecule has 0 saturated carbocycles. The van der Waals surface area contributed by atoms with Crippen molar-refractivity contribution in [3.05, 3.63) is 27.4 Å². The Bertz CT molecular complexity index is 1160. The Labute approximate surface area is 201 Å². The smallest absolute Gasteiger partial charge is 0.491 e. The molecule has 2 aromatic rings. The molecule has 1 aromatic heterocycles. The van der Waals surface area contributed by atoms with Crippen molar-refractivity contribution in [2.45, 2.75) is 31.5 Å². The minimum Gasteiger partial charge on any atom is -0.506 e. The number of H-pyrrole nitrogens is 1. The molecule has 17 heteroatoms. The van der Waals surface area contributed by atoms with E-state index in [9.17, 15) is 50.6 Å². The molecule has 36 heavy (non-hydrogen) atoms. The van der Waals surface area contributed by atoms with Gasteiger partial charge in [-0.25, -0.2) is 9.59 Å². The topological polar surface area (TPSA) is 138 Å². The molecular formula is C19H19F6N3O7S. The van der Waals surface area contributed by atoms with Gasteiger partial charge in [0.15, 0.2) is 0 Å². The van der Waals surface area contributed by atoms with Crippen molar-refractivity contribution in [1.82, 2.24) is 15.2 Å². The SMILES string of the molecule is CN(CCNCCc1ccc(O)c2[nH]c(=O)sc12)C(=O)C(C)(OC(=O)C(F)(F)F)OC(=O)C(F)(F)F. The average molecular weight is 547 g/mol. The second-order valence-electron chi connectivity index (χ2n) is 7.41. The minimum atomic E-state index is -5.68. The molecule has 0 bridgehead atoms. The monoisotopic (exact) mass is 547 g/mol. The predicted octanol–water partition coefficient (Wildman–Crippen LogP) is 1.81. The number of esters is 2. The number of alkyl halides is 6. The van der Waals surface area contributed by atoms with Crippen LogP contribution in [0.3, 0.4) is 0 Å². The molecule has 0 atom stereocenters. The van der Waals surface area contributed by atoms with Crippen LogP contribution in [0.5, 0.6) is 5.75 Å². The number of aromatic amines is 1. The number of nitrogens with one attached hydrogen (secondary N) is 2. The van der Waals surface area contributed by atoms with Crippen LogP contribution in [0.25, 0.3) is 10.2 Å². The number of thiazole rings is 1. The van der Waals surface area contributed by atoms with Crippen LogP contribution in [0.1, 0.15) is 12.5 Å². The fourth-order valence-corrected chi connectivity index (χ4v) is 3.79. The number of aromatic nitrogens is 1. The Morgan fingerprint density at radius 3 is 2.14 bits per heavy atom. The summed E-state index contributed by atoms with van der Waals surface area (Å²) in [6.45, 7) is 0.218. The largest absolute Gasteiger partial charge is 0.506 e. The Kier molecular flexibility index (Phi) is 8.61. The zero-order chi connectivity index (χ0) is 27.5. The van der Waals surface area contributed by atoms with Crippen molar-refractivity contribution in [3.63, 3.8) is 0 Å². The van der Waals surface area contributed by atoms with Gasteiger partial charge in [0.05, 0.1) is 4.70 Å². The normalized spacial score (nSPS) is 12.4. The molecule has 1 heterocycles. The Balaban J connectivity index is 2.00. The van der Waals surface area contributed by atoms with E-state index >= 15 is 0 Å². The molecular weight excluding hydrogens is 528 g/mol. The zero-order valence-electron chi connectivity index (χ0n) is 18.5. The number of amides is 1. The van der Waals surface area contributed by atoms with Gasteiger partial charge in [-0.2, -0.15) is 26.3 Å². The first-order valence-electron chi connectivity index (χ1n) is 9.86. The molecule has 0 saturated heterocycles. The van der Waals surface area contributed by atoms with Crippen LogP contribution in [-0.4, -0.2) is 77.7 Å². The maximum absolute atomic E-state index is 12.6. The molecule has 0 fully saturated rings. The molecule has 0 spiro atoms. The summed E-state index contributed by atoms with van der Waals surface area (Å²) >= 11 is 0.886. The first kappa shape index (κ1) is 28.9. The summed E-state index contributed by atoms with van der Waals surface area (Å²) in [6, 6.07) is 2.98. The lowest BCUT2D eigenvalue weighted by molar-refractivity contribution is -0.264. The molecule has 0 aliphatic rings. The number of phenols is 1. The van der Waals surface area contributed by atoms with E-state index in [1.54, 1.807) is 6.07 Å². The van der Waals surface area contributed by atoms with Crippen LogP contribution >= 0.6 is 11.3 Å². The van der Waals surface area contributed by atoms with Gasteiger partial charge < -0.3 is 29.8 Å². The van der Waals surface area contributed by atoms with E-state index in [2.05, 4.69) is 19.8 Å². The maximum Gasteiger partial charge on any atom is 0.491 e. The molecule has 0 radical (unpaired) electrons. The third-order valence-corrected chi connectivity index (χ3v) is 5.57. The van der Waals surface area contributed by atoms with Crippen LogP contribution in [0.15, 0.2) is 16.9 Å². The summed E-state index contributed by atoms with van der Waals surface area (Å²) < 4.78 is 83.5. The van der Waals surface area contributed by atoms with E-state index < -0.39 is 36.0 Å². The number of rotatable bonds is 9. The van der Waals surface area contributed by atoms with Gasteiger partial charge in [0.25, 0.3) is 0 Å². The number of phenolic OH excluding ortho intramolecular Hbond substituents is 1. The first-order valence-corrected chi connectivity index (χ1v) is 10.7. The quantitative estimate of drug-likeness (QED) is 0.187. The lowest BCUT2D eigenvalue weighted by Gasteiger charge is -2.31. The number of ether oxygens (including phenoxy) is 2. The van der Waals surface area contributed by atoms with Gasteiger partial charge in [-0.1, -0.05) is 17.4 Å².